The molecular formula is C32H45BrFN3O2. The Morgan fingerprint density at radius 2 is 1.74 bits per heavy atom. The molecule has 0 bridgehead atoms. The monoisotopic (exact) mass is 601 g/mol. The van der Waals surface area contributed by atoms with Crippen molar-refractivity contribution in [1.29, 1.82) is 0 Å². The summed E-state index contributed by atoms with van der Waals surface area (Å²) in [6.45, 7) is 15.9. The molecule has 0 aliphatic carbocycles. The highest BCUT2D eigenvalue weighted by Crippen LogP contribution is 2.29. The Labute approximate surface area is 242 Å². The van der Waals surface area contributed by atoms with Crippen LogP contribution < -0.4 is 4.90 Å². The summed E-state index contributed by atoms with van der Waals surface area (Å²) in [5.41, 5.74) is 2.81. The molecule has 0 saturated carbocycles. The number of Topliss-reactive ketones (excluding diaryl/α,β-unsaturated/α-hetero) is 2. The van der Waals surface area contributed by atoms with Crippen molar-refractivity contribution in [2.45, 2.75) is 60.3 Å². The number of piperidine rings is 1. The molecule has 0 aromatic heterocycles. The molecule has 2 aliphatic heterocycles. The zero-order valence-electron chi connectivity index (χ0n) is 24.3. The lowest BCUT2D eigenvalue weighted by Gasteiger charge is -2.38. The Hall–Kier alpha value is -2.25. The molecular weight excluding hydrogens is 557 g/mol. The van der Waals surface area contributed by atoms with Gasteiger partial charge in [-0.05, 0) is 76.3 Å². The molecule has 2 heterocycles. The number of nitrogens with zero attached hydrogens (tertiary/aromatic N) is 3. The van der Waals surface area contributed by atoms with E-state index in [2.05, 4.69) is 37.6 Å². The van der Waals surface area contributed by atoms with Crippen LogP contribution in [0.15, 0.2) is 52.4 Å². The average molecular weight is 603 g/mol. The highest BCUT2D eigenvalue weighted by atomic mass is 79.9. The van der Waals surface area contributed by atoms with Crippen molar-refractivity contribution >= 4 is 33.2 Å². The third-order valence-electron chi connectivity index (χ3n) is 7.90. The van der Waals surface area contributed by atoms with Crippen LogP contribution in [-0.2, 0) is 0 Å². The lowest BCUT2D eigenvalue weighted by Crippen LogP contribution is -2.47. The number of piperazine rings is 1. The van der Waals surface area contributed by atoms with Gasteiger partial charge in [0.25, 0.3) is 0 Å². The van der Waals surface area contributed by atoms with E-state index in [0.717, 1.165) is 80.9 Å². The van der Waals surface area contributed by atoms with Crippen LogP contribution in [-0.4, -0.2) is 67.2 Å². The number of likely N-dealkylation sites (tertiary alicyclic amines) is 1. The van der Waals surface area contributed by atoms with Gasteiger partial charge in [0.05, 0.1) is 5.70 Å². The van der Waals surface area contributed by atoms with Crippen molar-refractivity contribution in [3.63, 3.8) is 0 Å². The van der Waals surface area contributed by atoms with Crippen LogP contribution in [0.25, 0.3) is 0 Å². The molecule has 5 nitrogen and oxygen atoms in total. The molecule has 0 unspecified atom stereocenters. The molecule has 3 rings (SSSR count). The lowest BCUT2D eigenvalue weighted by atomic mass is 9.92. The second kappa shape index (κ2) is 14.9. The maximum atomic E-state index is 14.9. The van der Waals surface area contributed by atoms with Crippen molar-refractivity contribution < 1.29 is 14.0 Å². The molecule has 214 valence electrons. The van der Waals surface area contributed by atoms with E-state index < -0.39 is 0 Å². The third-order valence-corrected chi connectivity index (χ3v) is 8.59. The first-order valence-electron chi connectivity index (χ1n) is 14.5. The number of allylic oxidation sites excluding steroid dienone is 5. The lowest BCUT2D eigenvalue weighted by molar-refractivity contribution is 0.0927. The van der Waals surface area contributed by atoms with Gasteiger partial charge in [-0.1, -0.05) is 48.9 Å². The minimum atomic E-state index is -0.172. The van der Waals surface area contributed by atoms with Crippen LogP contribution in [0.1, 0.15) is 81.0 Å². The maximum absolute atomic E-state index is 14.9. The van der Waals surface area contributed by atoms with Gasteiger partial charge in [0.1, 0.15) is 5.83 Å². The Bertz CT molecular complexity index is 1090. The Balaban J connectivity index is 1.50. The zero-order valence-corrected chi connectivity index (χ0v) is 25.9. The first-order chi connectivity index (χ1) is 18.6. The van der Waals surface area contributed by atoms with Gasteiger partial charge in [0.2, 0.25) is 0 Å². The van der Waals surface area contributed by atoms with Gasteiger partial charge in [-0.3, -0.25) is 14.5 Å². The fourth-order valence-electron chi connectivity index (χ4n) is 5.46. The van der Waals surface area contributed by atoms with Crippen LogP contribution in [0.2, 0.25) is 0 Å². The van der Waals surface area contributed by atoms with Gasteiger partial charge in [-0.25, -0.2) is 4.39 Å². The molecule has 0 N–H and O–H groups in total. The number of ketones is 2. The number of hydrogen-bond donors (Lipinski definition) is 0. The minimum Gasteiger partial charge on any atom is -0.369 e. The first kappa shape index (κ1) is 31.3. The normalized spacial score (nSPS) is 18.7. The topological polar surface area (TPSA) is 43.9 Å². The van der Waals surface area contributed by atoms with E-state index in [-0.39, 0.29) is 23.3 Å². The quantitative estimate of drug-likeness (QED) is 0.195. The number of rotatable bonds is 11. The molecule has 7 heteroatoms. The minimum absolute atomic E-state index is 0.0217. The Morgan fingerprint density at radius 3 is 2.31 bits per heavy atom. The predicted octanol–water partition coefficient (Wildman–Crippen LogP) is 7.40. The SMILES string of the molecule is C\C=C(Br)/C=C(F)\C(=C\CC)N1CCC(CCN2CCN(c3ccc(C(C)=O)c(C(=O)C(C)C)c3)CC2)CC1. The van der Waals surface area contributed by atoms with E-state index in [4.69, 9.17) is 0 Å². The van der Waals surface area contributed by atoms with E-state index in [1.54, 1.807) is 6.08 Å². The number of benzene rings is 1. The Kier molecular flexibility index (Phi) is 12.0. The van der Waals surface area contributed by atoms with Gasteiger partial charge >= 0.3 is 0 Å². The summed E-state index contributed by atoms with van der Waals surface area (Å²) in [4.78, 5) is 31.9. The average Bonchev–Trinajstić information content (AvgIpc) is 2.94. The summed E-state index contributed by atoms with van der Waals surface area (Å²) in [6.07, 6.45) is 9.58. The van der Waals surface area contributed by atoms with Crippen molar-refractivity contribution in [3.8, 4) is 0 Å². The van der Waals surface area contributed by atoms with E-state index in [9.17, 15) is 14.0 Å². The highest BCUT2D eigenvalue weighted by molar-refractivity contribution is 9.11. The number of hydrogen-bond acceptors (Lipinski definition) is 5. The van der Waals surface area contributed by atoms with E-state index in [0.29, 0.717) is 17.0 Å². The second-order valence-corrected chi connectivity index (χ2v) is 11.9. The molecule has 0 radical (unpaired) electrons. The number of carbonyl (C=O) groups excluding carboxylic acids is 2. The van der Waals surface area contributed by atoms with Gasteiger partial charge in [0, 0.05) is 66.5 Å². The van der Waals surface area contributed by atoms with E-state index in [1.807, 2.05) is 51.1 Å². The molecule has 0 spiro atoms. The van der Waals surface area contributed by atoms with Crippen LogP contribution in [0.5, 0.6) is 0 Å². The number of carbonyl (C=O) groups is 2. The summed E-state index contributed by atoms with van der Waals surface area (Å²) in [7, 11) is 0. The first-order valence-corrected chi connectivity index (χ1v) is 15.2. The zero-order chi connectivity index (χ0) is 28.5. The van der Waals surface area contributed by atoms with Crippen molar-refractivity contribution in [2.24, 2.45) is 11.8 Å². The third kappa shape index (κ3) is 8.62. The molecule has 2 fully saturated rings. The van der Waals surface area contributed by atoms with Crippen LogP contribution in [0, 0.1) is 11.8 Å². The van der Waals surface area contributed by atoms with Gasteiger partial charge in [-0.15, -0.1) is 0 Å². The molecule has 1 aromatic rings. The fraction of sp³-hybridized carbons (Fsp3) is 0.562. The van der Waals surface area contributed by atoms with Crippen molar-refractivity contribution in [3.05, 3.63) is 63.6 Å². The molecule has 2 saturated heterocycles. The standard InChI is InChI=1S/C32H45BrFN3O2/c1-6-8-31(30(34)21-26(33)7-2)37-15-12-25(13-16-37)11-14-35-17-19-36(20-18-35)27-9-10-28(24(5)38)29(22-27)32(39)23(3)4/h7-10,21-23,25H,6,11-20H2,1-5H3/b26-7+,30-21+,31-8-. The summed E-state index contributed by atoms with van der Waals surface area (Å²) < 4.78 is 15.7. The molecule has 0 amide bonds. The summed E-state index contributed by atoms with van der Waals surface area (Å²) in [6, 6.07) is 5.71. The summed E-state index contributed by atoms with van der Waals surface area (Å²) in [5.74, 6) is 0.303. The van der Waals surface area contributed by atoms with E-state index in [1.165, 1.54) is 13.3 Å². The predicted molar refractivity (Wildman–Crippen MR) is 163 cm³/mol. The van der Waals surface area contributed by atoms with Crippen LogP contribution >= 0.6 is 15.9 Å². The highest BCUT2D eigenvalue weighted by Gasteiger charge is 2.25. The van der Waals surface area contributed by atoms with Crippen molar-refractivity contribution in [1.82, 2.24) is 9.80 Å². The largest absolute Gasteiger partial charge is 0.369 e. The smallest absolute Gasteiger partial charge is 0.166 e. The maximum Gasteiger partial charge on any atom is 0.166 e. The van der Waals surface area contributed by atoms with Gasteiger partial charge in [0.15, 0.2) is 11.6 Å². The molecule has 39 heavy (non-hydrogen) atoms. The summed E-state index contributed by atoms with van der Waals surface area (Å²) in [5, 5.41) is 0. The second-order valence-electron chi connectivity index (χ2n) is 11.0. The van der Waals surface area contributed by atoms with Gasteiger partial charge < -0.3 is 9.80 Å². The number of anilines is 1. The molecule has 2 aliphatic rings. The molecule has 0 atom stereocenters. The molecule has 1 aromatic carbocycles. The van der Waals surface area contributed by atoms with Crippen LogP contribution in [0.4, 0.5) is 10.1 Å². The Morgan fingerprint density at radius 1 is 1.08 bits per heavy atom. The van der Waals surface area contributed by atoms with Gasteiger partial charge in [-0.2, -0.15) is 0 Å². The number of halogens is 2. The fourth-order valence-corrected chi connectivity index (χ4v) is 5.66. The van der Waals surface area contributed by atoms with Crippen molar-refractivity contribution in [2.75, 3.05) is 50.7 Å². The summed E-state index contributed by atoms with van der Waals surface area (Å²) >= 11 is 3.39. The van der Waals surface area contributed by atoms with E-state index >= 15 is 0 Å². The van der Waals surface area contributed by atoms with Crippen LogP contribution in [0.3, 0.4) is 0 Å².